The fourth-order valence-electron chi connectivity index (χ4n) is 2.60. The van der Waals surface area contributed by atoms with E-state index >= 15 is 0 Å². The molecule has 1 fully saturated rings. The lowest BCUT2D eigenvalue weighted by Gasteiger charge is -2.37. The molecule has 1 N–H and O–H groups in total. The summed E-state index contributed by atoms with van der Waals surface area (Å²) in [5, 5.41) is 3.18. The van der Waals surface area contributed by atoms with E-state index in [1.165, 1.54) is 6.42 Å². The number of anilines is 1. The van der Waals surface area contributed by atoms with Crippen molar-refractivity contribution < 1.29 is 4.79 Å². The Balaban J connectivity index is 2.10. The molecule has 1 amide bonds. The largest absolute Gasteiger partial charge is 0.384 e. The van der Waals surface area contributed by atoms with Gasteiger partial charge in [-0.1, -0.05) is 6.92 Å². The Morgan fingerprint density at radius 1 is 1.47 bits per heavy atom. The predicted octanol–water partition coefficient (Wildman–Crippen LogP) is 2.77. The Morgan fingerprint density at radius 2 is 2.26 bits per heavy atom. The SMILES string of the molecule is CCNc1ccc(C(=O)N2CCCC(C)C2C)nc1. The van der Waals surface area contributed by atoms with E-state index in [1.807, 2.05) is 24.0 Å². The lowest BCUT2D eigenvalue weighted by molar-refractivity contribution is 0.0545. The summed E-state index contributed by atoms with van der Waals surface area (Å²) in [5.74, 6) is 0.626. The highest BCUT2D eigenvalue weighted by Crippen LogP contribution is 2.24. The molecule has 1 aromatic rings. The first-order valence-electron chi connectivity index (χ1n) is 7.14. The van der Waals surface area contributed by atoms with E-state index in [0.717, 1.165) is 25.2 Å². The fraction of sp³-hybridized carbons (Fsp3) is 0.600. The van der Waals surface area contributed by atoms with Crippen LogP contribution in [-0.4, -0.2) is 34.9 Å². The van der Waals surface area contributed by atoms with E-state index < -0.39 is 0 Å². The highest BCUT2D eigenvalue weighted by Gasteiger charge is 2.29. The summed E-state index contributed by atoms with van der Waals surface area (Å²) < 4.78 is 0. The average Bonchev–Trinajstić information content (AvgIpc) is 2.42. The molecule has 4 nitrogen and oxygen atoms in total. The van der Waals surface area contributed by atoms with Gasteiger partial charge < -0.3 is 10.2 Å². The lowest BCUT2D eigenvalue weighted by atomic mass is 9.92. The van der Waals surface area contributed by atoms with Crippen molar-refractivity contribution in [1.82, 2.24) is 9.88 Å². The van der Waals surface area contributed by atoms with Crippen molar-refractivity contribution >= 4 is 11.6 Å². The molecule has 104 valence electrons. The summed E-state index contributed by atoms with van der Waals surface area (Å²) >= 11 is 0. The van der Waals surface area contributed by atoms with Crippen molar-refractivity contribution in [2.45, 2.75) is 39.7 Å². The van der Waals surface area contributed by atoms with Crippen LogP contribution in [0.25, 0.3) is 0 Å². The molecule has 1 aliphatic heterocycles. The van der Waals surface area contributed by atoms with E-state index in [-0.39, 0.29) is 5.91 Å². The van der Waals surface area contributed by atoms with E-state index in [9.17, 15) is 4.79 Å². The van der Waals surface area contributed by atoms with Crippen LogP contribution in [-0.2, 0) is 0 Å². The molecule has 0 bridgehead atoms. The van der Waals surface area contributed by atoms with Gasteiger partial charge in [-0.3, -0.25) is 4.79 Å². The molecule has 1 saturated heterocycles. The molecule has 2 rings (SSSR count). The average molecular weight is 261 g/mol. The maximum absolute atomic E-state index is 12.5. The number of carbonyl (C=O) groups is 1. The molecule has 0 aromatic carbocycles. The summed E-state index contributed by atoms with van der Waals surface area (Å²) in [5.41, 5.74) is 1.50. The minimum absolute atomic E-state index is 0.0575. The van der Waals surface area contributed by atoms with Crippen molar-refractivity contribution in [3.63, 3.8) is 0 Å². The van der Waals surface area contributed by atoms with Crippen LogP contribution in [0.15, 0.2) is 18.3 Å². The number of carbonyl (C=O) groups excluding carboxylic acids is 1. The minimum Gasteiger partial charge on any atom is -0.384 e. The minimum atomic E-state index is 0.0575. The number of aromatic nitrogens is 1. The zero-order valence-corrected chi connectivity index (χ0v) is 12.0. The topological polar surface area (TPSA) is 45.2 Å². The zero-order chi connectivity index (χ0) is 13.8. The van der Waals surface area contributed by atoms with Crippen molar-refractivity contribution in [2.75, 3.05) is 18.4 Å². The van der Waals surface area contributed by atoms with Crippen molar-refractivity contribution in [2.24, 2.45) is 5.92 Å². The molecular weight excluding hydrogens is 238 g/mol. The smallest absolute Gasteiger partial charge is 0.272 e. The van der Waals surface area contributed by atoms with Crippen LogP contribution in [0.3, 0.4) is 0 Å². The Labute approximate surface area is 115 Å². The van der Waals surface area contributed by atoms with Gasteiger partial charge in [-0.2, -0.15) is 0 Å². The molecule has 2 atom stereocenters. The number of piperidine rings is 1. The van der Waals surface area contributed by atoms with Crippen molar-refractivity contribution in [3.05, 3.63) is 24.0 Å². The van der Waals surface area contributed by atoms with Crippen LogP contribution >= 0.6 is 0 Å². The maximum atomic E-state index is 12.5. The van der Waals surface area contributed by atoms with E-state index in [4.69, 9.17) is 0 Å². The van der Waals surface area contributed by atoms with Gasteiger partial charge in [-0.05, 0) is 44.7 Å². The third kappa shape index (κ3) is 3.06. The summed E-state index contributed by atoms with van der Waals surface area (Å²) in [4.78, 5) is 18.7. The van der Waals surface area contributed by atoms with Gasteiger partial charge >= 0.3 is 0 Å². The van der Waals surface area contributed by atoms with Gasteiger partial charge in [0.05, 0.1) is 11.9 Å². The van der Waals surface area contributed by atoms with Gasteiger partial charge in [0.15, 0.2) is 0 Å². The third-order valence-corrected chi connectivity index (χ3v) is 4.00. The summed E-state index contributed by atoms with van der Waals surface area (Å²) in [6, 6.07) is 4.03. The standard InChI is InChI=1S/C15H23N3O/c1-4-16-13-7-8-14(17-10-13)15(19)18-9-5-6-11(2)12(18)3/h7-8,10-12,16H,4-6,9H2,1-3H3. The molecule has 2 unspecified atom stereocenters. The summed E-state index contributed by atoms with van der Waals surface area (Å²) in [6.45, 7) is 8.09. The fourth-order valence-corrected chi connectivity index (χ4v) is 2.60. The summed E-state index contributed by atoms with van der Waals surface area (Å²) in [7, 11) is 0. The quantitative estimate of drug-likeness (QED) is 0.910. The number of hydrogen-bond donors (Lipinski definition) is 1. The van der Waals surface area contributed by atoms with Crippen LogP contribution in [0.5, 0.6) is 0 Å². The number of rotatable bonds is 3. The highest BCUT2D eigenvalue weighted by molar-refractivity contribution is 5.92. The number of nitrogens with one attached hydrogen (secondary N) is 1. The number of pyridine rings is 1. The van der Waals surface area contributed by atoms with Gasteiger partial charge in [0, 0.05) is 19.1 Å². The third-order valence-electron chi connectivity index (χ3n) is 4.00. The Bertz CT molecular complexity index is 430. The highest BCUT2D eigenvalue weighted by atomic mass is 16.2. The van der Waals surface area contributed by atoms with Crippen LogP contribution in [0.1, 0.15) is 44.1 Å². The maximum Gasteiger partial charge on any atom is 0.272 e. The van der Waals surface area contributed by atoms with Crippen molar-refractivity contribution in [1.29, 1.82) is 0 Å². The number of hydrogen-bond acceptors (Lipinski definition) is 3. The molecule has 0 radical (unpaired) electrons. The molecule has 0 saturated carbocycles. The number of nitrogens with zero attached hydrogens (tertiary/aromatic N) is 2. The zero-order valence-electron chi connectivity index (χ0n) is 12.0. The number of likely N-dealkylation sites (tertiary alicyclic amines) is 1. The Morgan fingerprint density at radius 3 is 2.89 bits per heavy atom. The molecule has 0 aliphatic carbocycles. The van der Waals surface area contributed by atoms with Gasteiger partial charge in [0.25, 0.3) is 5.91 Å². The van der Waals surface area contributed by atoms with Gasteiger partial charge in [-0.25, -0.2) is 4.98 Å². The molecule has 2 heterocycles. The Kier molecular flexibility index (Phi) is 4.40. The molecule has 0 spiro atoms. The first-order chi connectivity index (χ1) is 9.13. The van der Waals surface area contributed by atoms with Gasteiger partial charge in [0.2, 0.25) is 0 Å². The van der Waals surface area contributed by atoms with Crippen LogP contribution < -0.4 is 5.32 Å². The second-order valence-electron chi connectivity index (χ2n) is 5.32. The second-order valence-corrected chi connectivity index (χ2v) is 5.32. The molecule has 1 aliphatic rings. The van der Waals surface area contributed by atoms with Gasteiger partial charge in [0.1, 0.15) is 5.69 Å². The lowest BCUT2D eigenvalue weighted by Crippen LogP contribution is -2.46. The first kappa shape index (κ1) is 13.8. The number of amides is 1. The van der Waals surface area contributed by atoms with Crippen LogP contribution in [0, 0.1) is 5.92 Å². The van der Waals surface area contributed by atoms with Crippen LogP contribution in [0.2, 0.25) is 0 Å². The van der Waals surface area contributed by atoms with E-state index in [1.54, 1.807) is 6.20 Å². The van der Waals surface area contributed by atoms with Crippen molar-refractivity contribution in [3.8, 4) is 0 Å². The second kappa shape index (κ2) is 6.04. The van der Waals surface area contributed by atoms with E-state index in [2.05, 4.69) is 24.1 Å². The summed E-state index contributed by atoms with van der Waals surface area (Å²) in [6.07, 6.45) is 4.03. The monoisotopic (exact) mass is 261 g/mol. The predicted molar refractivity (Wildman–Crippen MR) is 77.3 cm³/mol. The van der Waals surface area contributed by atoms with Crippen LogP contribution in [0.4, 0.5) is 5.69 Å². The Hall–Kier alpha value is -1.58. The molecule has 4 heteroatoms. The molecular formula is C15H23N3O. The normalized spacial score (nSPS) is 23.2. The van der Waals surface area contributed by atoms with Gasteiger partial charge in [-0.15, -0.1) is 0 Å². The first-order valence-corrected chi connectivity index (χ1v) is 7.14. The van der Waals surface area contributed by atoms with E-state index in [0.29, 0.717) is 17.7 Å². The molecule has 19 heavy (non-hydrogen) atoms. The molecule has 1 aromatic heterocycles.